The number of anilines is 2. The fourth-order valence-corrected chi connectivity index (χ4v) is 3.25. The van der Waals surface area contributed by atoms with Crippen LogP contribution in [0.2, 0.25) is 5.02 Å². The Kier molecular flexibility index (Phi) is 3.48. The van der Waals surface area contributed by atoms with Crippen LogP contribution in [0.5, 0.6) is 0 Å². The van der Waals surface area contributed by atoms with Gasteiger partial charge in [0.05, 0.1) is 5.39 Å². The molecule has 0 saturated carbocycles. The molecule has 106 valence electrons. The number of nitrogens with zero attached hydrogens (tertiary/aromatic N) is 2. The molecule has 2 aromatic heterocycles. The van der Waals surface area contributed by atoms with Gasteiger partial charge in [-0.05, 0) is 30.7 Å². The maximum Gasteiger partial charge on any atom is 0.346 e. The molecule has 0 aliphatic carbocycles. The minimum Gasteiger partial charge on any atom is -0.477 e. The van der Waals surface area contributed by atoms with Gasteiger partial charge in [-0.2, -0.15) is 0 Å². The first kappa shape index (κ1) is 13.8. The lowest BCUT2D eigenvalue weighted by Gasteiger charge is -2.07. The van der Waals surface area contributed by atoms with Gasteiger partial charge in [0, 0.05) is 10.7 Å². The summed E-state index contributed by atoms with van der Waals surface area (Å²) in [5, 5.41) is 13.7. The fraction of sp³-hybridized carbons (Fsp3) is 0.0714. The minimum absolute atomic E-state index is 0.277. The highest BCUT2D eigenvalue weighted by Crippen LogP contribution is 2.34. The molecule has 0 spiro atoms. The van der Waals surface area contributed by atoms with E-state index in [1.54, 1.807) is 19.1 Å². The average Bonchev–Trinajstić information content (AvgIpc) is 2.77. The van der Waals surface area contributed by atoms with Gasteiger partial charge in [-0.3, -0.25) is 0 Å². The fourth-order valence-electron chi connectivity index (χ4n) is 2.07. The quantitative estimate of drug-likeness (QED) is 0.760. The number of carboxylic acid groups (broad SMARTS) is 1. The maximum absolute atomic E-state index is 11.2. The monoisotopic (exact) mass is 319 g/mol. The lowest BCUT2D eigenvalue weighted by atomic mass is 10.2. The van der Waals surface area contributed by atoms with Gasteiger partial charge in [-0.1, -0.05) is 17.7 Å². The van der Waals surface area contributed by atoms with Crippen LogP contribution >= 0.6 is 22.9 Å². The van der Waals surface area contributed by atoms with E-state index in [9.17, 15) is 9.90 Å². The SMILES string of the molecule is Cc1c(C(=O)O)sc2ncnc(Nc3cccc(Cl)c3)c12. The molecule has 1 aromatic carbocycles. The molecule has 21 heavy (non-hydrogen) atoms. The molecular formula is C14H10ClN3O2S. The molecule has 0 amide bonds. The summed E-state index contributed by atoms with van der Waals surface area (Å²) >= 11 is 7.10. The first-order valence-corrected chi connectivity index (χ1v) is 7.25. The van der Waals surface area contributed by atoms with Crippen LogP contribution in [0.15, 0.2) is 30.6 Å². The highest BCUT2D eigenvalue weighted by Gasteiger charge is 2.18. The molecule has 0 radical (unpaired) electrons. The van der Waals surface area contributed by atoms with Crippen molar-refractivity contribution in [2.24, 2.45) is 0 Å². The highest BCUT2D eigenvalue weighted by molar-refractivity contribution is 7.20. The molecule has 2 N–H and O–H groups in total. The number of carbonyl (C=O) groups is 1. The third-order valence-corrected chi connectivity index (χ3v) is 4.43. The first-order valence-electron chi connectivity index (χ1n) is 6.06. The number of thiophene rings is 1. The van der Waals surface area contributed by atoms with Gasteiger partial charge in [0.25, 0.3) is 0 Å². The number of benzene rings is 1. The van der Waals surface area contributed by atoms with Gasteiger partial charge in [-0.25, -0.2) is 14.8 Å². The average molecular weight is 320 g/mol. The molecule has 0 saturated heterocycles. The Bertz CT molecular complexity index is 847. The Morgan fingerprint density at radius 2 is 2.19 bits per heavy atom. The minimum atomic E-state index is -0.954. The van der Waals surface area contributed by atoms with Gasteiger partial charge < -0.3 is 10.4 Å². The van der Waals surface area contributed by atoms with Crippen molar-refractivity contribution in [3.05, 3.63) is 46.1 Å². The van der Waals surface area contributed by atoms with E-state index in [4.69, 9.17) is 11.6 Å². The Morgan fingerprint density at radius 1 is 1.38 bits per heavy atom. The van der Waals surface area contributed by atoms with Crippen molar-refractivity contribution in [2.45, 2.75) is 6.92 Å². The molecule has 3 rings (SSSR count). The van der Waals surface area contributed by atoms with Crippen molar-refractivity contribution in [1.82, 2.24) is 9.97 Å². The predicted octanol–water partition coefficient (Wildman–Crippen LogP) is 4.09. The molecular weight excluding hydrogens is 310 g/mol. The second-order valence-corrected chi connectivity index (χ2v) is 5.83. The number of nitrogens with one attached hydrogen (secondary N) is 1. The van der Waals surface area contributed by atoms with E-state index in [0.717, 1.165) is 22.4 Å². The van der Waals surface area contributed by atoms with Crippen molar-refractivity contribution in [3.8, 4) is 0 Å². The van der Waals surface area contributed by atoms with E-state index in [1.165, 1.54) is 6.33 Å². The molecule has 5 nitrogen and oxygen atoms in total. The second kappa shape index (κ2) is 5.31. The summed E-state index contributed by atoms with van der Waals surface area (Å²) in [5.41, 5.74) is 1.44. The van der Waals surface area contributed by atoms with Crippen LogP contribution in [-0.4, -0.2) is 21.0 Å². The molecule has 0 atom stereocenters. The summed E-state index contributed by atoms with van der Waals surface area (Å²) in [6, 6.07) is 7.24. The van der Waals surface area contributed by atoms with Crippen molar-refractivity contribution in [2.75, 3.05) is 5.32 Å². The van der Waals surface area contributed by atoms with E-state index in [0.29, 0.717) is 21.2 Å². The van der Waals surface area contributed by atoms with E-state index in [-0.39, 0.29) is 4.88 Å². The first-order chi connectivity index (χ1) is 10.1. The zero-order valence-corrected chi connectivity index (χ0v) is 12.5. The number of hydrogen-bond donors (Lipinski definition) is 2. The standard InChI is InChI=1S/C14H10ClN3O2S/c1-7-10-12(18-9-4-2-3-8(15)5-9)16-6-17-13(10)21-11(7)14(19)20/h2-6H,1H3,(H,19,20)(H,16,17,18). The van der Waals surface area contributed by atoms with Crippen molar-refractivity contribution in [1.29, 1.82) is 0 Å². The smallest absolute Gasteiger partial charge is 0.346 e. The number of aryl methyl sites for hydroxylation is 1. The van der Waals surface area contributed by atoms with Crippen LogP contribution in [-0.2, 0) is 0 Å². The third kappa shape index (κ3) is 2.55. The molecule has 7 heteroatoms. The second-order valence-electron chi connectivity index (χ2n) is 4.40. The van der Waals surface area contributed by atoms with Gasteiger partial charge in [0.1, 0.15) is 21.9 Å². The van der Waals surface area contributed by atoms with Crippen molar-refractivity contribution >= 4 is 50.6 Å². The third-order valence-electron chi connectivity index (χ3n) is 3.01. The number of aromatic nitrogens is 2. The van der Waals surface area contributed by atoms with Gasteiger partial charge >= 0.3 is 5.97 Å². The van der Waals surface area contributed by atoms with Gasteiger partial charge in [0.15, 0.2) is 0 Å². The molecule has 2 heterocycles. The van der Waals surface area contributed by atoms with Crippen LogP contribution in [0, 0.1) is 6.92 Å². The van der Waals surface area contributed by atoms with Crippen LogP contribution in [0.25, 0.3) is 10.2 Å². The summed E-state index contributed by atoms with van der Waals surface area (Å²) in [5.74, 6) is -0.382. The number of carboxylic acids is 1. The van der Waals surface area contributed by atoms with Crippen LogP contribution in [0.4, 0.5) is 11.5 Å². The van der Waals surface area contributed by atoms with E-state index in [1.807, 2.05) is 12.1 Å². The number of hydrogen-bond acceptors (Lipinski definition) is 5. The summed E-state index contributed by atoms with van der Waals surface area (Å²) in [7, 11) is 0. The Hall–Kier alpha value is -2.18. The summed E-state index contributed by atoms with van der Waals surface area (Å²) in [6.45, 7) is 1.76. The number of rotatable bonds is 3. The van der Waals surface area contributed by atoms with E-state index < -0.39 is 5.97 Å². The van der Waals surface area contributed by atoms with Crippen LogP contribution in [0.3, 0.4) is 0 Å². The van der Waals surface area contributed by atoms with E-state index >= 15 is 0 Å². The maximum atomic E-state index is 11.2. The molecule has 0 aliphatic rings. The molecule has 0 aliphatic heterocycles. The molecule has 0 unspecified atom stereocenters. The zero-order valence-electron chi connectivity index (χ0n) is 10.9. The topological polar surface area (TPSA) is 75.1 Å². The van der Waals surface area contributed by atoms with Crippen LogP contribution in [0.1, 0.15) is 15.2 Å². The Balaban J connectivity index is 2.12. The van der Waals surface area contributed by atoms with Gasteiger partial charge in [0.2, 0.25) is 0 Å². The largest absolute Gasteiger partial charge is 0.477 e. The zero-order chi connectivity index (χ0) is 15.0. The Labute approximate surface area is 129 Å². The van der Waals surface area contributed by atoms with Crippen molar-refractivity contribution < 1.29 is 9.90 Å². The summed E-state index contributed by atoms with van der Waals surface area (Å²) < 4.78 is 0. The number of aromatic carboxylic acids is 1. The normalized spacial score (nSPS) is 10.8. The van der Waals surface area contributed by atoms with Crippen molar-refractivity contribution in [3.63, 3.8) is 0 Å². The van der Waals surface area contributed by atoms with Gasteiger partial charge in [-0.15, -0.1) is 11.3 Å². The molecule has 0 bridgehead atoms. The summed E-state index contributed by atoms with van der Waals surface area (Å²) in [4.78, 5) is 20.5. The summed E-state index contributed by atoms with van der Waals surface area (Å²) in [6.07, 6.45) is 1.41. The number of halogens is 1. The molecule has 0 fully saturated rings. The predicted molar refractivity (Wildman–Crippen MR) is 83.8 cm³/mol. The Morgan fingerprint density at radius 3 is 2.90 bits per heavy atom. The highest BCUT2D eigenvalue weighted by atomic mass is 35.5. The lowest BCUT2D eigenvalue weighted by Crippen LogP contribution is -1.97. The number of fused-ring (bicyclic) bond motifs is 1. The lowest BCUT2D eigenvalue weighted by molar-refractivity contribution is 0.0701. The van der Waals surface area contributed by atoms with Crippen LogP contribution < -0.4 is 5.32 Å². The van der Waals surface area contributed by atoms with E-state index in [2.05, 4.69) is 15.3 Å². The molecule has 3 aromatic rings.